The van der Waals surface area contributed by atoms with Crippen LogP contribution in [0.15, 0.2) is 59.0 Å². The van der Waals surface area contributed by atoms with Gasteiger partial charge in [0.05, 0.1) is 23.9 Å². The van der Waals surface area contributed by atoms with Gasteiger partial charge < -0.3 is 14.5 Å². The summed E-state index contributed by atoms with van der Waals surface area (Å²) in [6.45, 7) is 1.45. The molecule has 5 rings (SSSR count). The highest BCUT2D eigenvalue weighted by molar-refractivity contribution is 6.23. The fourth-order valence-corrected chi connectivity index (χ4v) is 3.90. The van der Waals surface area contributed by atoms with Crippen molar-refractivity contribution in [3.8, 4) is 5.75 Å². The average Bonchev–Trinajstić information content (AvgIpc) is 3.23. The smallest absolute Gasteiger partial charge is 0.262 e. The summed E-state index contributed by atoms with van der Waals surface area (Å²) in [5, 5.41) is 4.54. The summed E-state index contributed by atoms with van der Waals surface area (Å²) in [4.78, 5) is 38.9. The van der Waals surface area contributed by atoms with Crippen molar-refractivity contribution in [1.82, 2.24) is 4.90 Å². The van der Waals surface area contributed by atoms with E-state index in [4.69, 9.17) is 9.15 Å². The molecule has 2 heterocycles. The number of amides is 3. The van der Waals surface area contributed by atoms with Crippen LogP contribution in [-0.4, -0.2) is 36.3 Å². The van der Waals surface area contributed by atoms with Gasteiger partial charge in [-0.05, 0) is 31.2 Å². The number of nitrogens with one attached hydrogen (secondary N) is 1. The number of rotatable bonds is 4. The van der Waals surface area contributed by atoms with Crippen molar-refractivity contribution in [2.24, 2.45) is 0 Å². The minimum atomic E-state index is -0.514. The van der Waals surface area contributed by atoms with Gasteiger partial charge in [-0.15, -0.1) is 0 Å². The van der Waals surface area contributed by atoms with E-state index in [-0.39, 0.29) is 0 Å². The van der Waals surface area contributed by atoms with Gasteiger partial charge >= 0.3 is 0 Å². The van der Waals surface area contributed by atoms with Crippen molar-refractivity contribution < 1.29 is 23.5 Å². The van der Waals surface area contributed by atoms with Crippen molar-refractivity contribution in [3.63, 3.8) is 0 Å². The number of imide groups is 1. The summed E-state index contributed by atoms with van der Waals surface area (Å²) in [5.41, 5.74) is 3.21. The van der Waals surface area contributed by atoms with Crippen LogP contribution in [0.2, 0.25) is 0 Å². The number of anilines is 1. The number of carbonyl (C=O) groups is 3. The minimum Gasteiger partial charge on any atom is -0.495 e. The molecule has 0 bridgehead atoms. The molecule has 0 saturated carbocycles. The Hall–Kier alpha value is -4.13. The van der Waals surface area contributed by atoms with Crippen LogP contribution in [0, 0.1) is 6.92 Å². The summed E-state index contributed by atoms with van der Waals surface area (Å²) in [6.07, 6.45) is 0. The van der Waals surface area contributed by atoms with Crippen LogP contribution in [-0.2, 0) is 4.79 Å². The summed E-state index contributed by atoms with van der Waals surface area (Å²) in [5.74, 6) is -1.02. The Kier molecular flexibility index (Phi) is 4.25. The molecule has 3 amide bonds. The minimum absolute atomic E-state index is 0.310. The maximum Gasteiger partial charge on any atom is 0.262 e. The number of hydrogen-bond donors (Lipinski definition) is 1. The second-order valence-corrected chi connectivity index (χ2v) is 7.44. The number of carbonyl (C=O) groups excluding carboxylic acids is 3. The highest BCUT2D eigenvalue weighted by Crippen LogP contribution is 2.36. The van der Waals surface area contributed by atoms with E-state index in [0.29, 0.717) is 28.1 Å². The molecule has 1 N–H and O–H groups in total. The van der Waals surface area contributed by atoms with Crippen LogP contribution >= 0.6 is 0 Å². The molecule has 0 radical (unpaired) electrons. The summed E-state index contributed by atoms with van der Waals surface area (Å²) >= 11 is 0. The Morgan fingerprint density at radius 2 is 1.74 bits per heavy atom. The number of aryl methyl sites for hydroxylation is 1. The molecular formula is C24H18N2O5. The van der Waals surface area contributed by atoms with Gasteiger partial charge in [-0.2, -0.15) is 0 Å². The maximum absolute atomic E-state index is 12.7. The summed E-state index contributed by atoms with van der Waals surface area (Å²) in [7, 11) is 1.51. The summed E-state index contributed by atoms with van der Waals surface area (Å²) < 4.78 is 11.3. The van der Waals surface area contributed by atoms with Gasteiger partial charge in [0.15, 0.2) is 0 Å². The number of hydrogen-bond acceptors (Lipinski definition) is 5. The number of furan rings is 1. The molecule has 1 aliphatic heterocycles. The third-order valence-corrected chi connectivity index (χ3v) is 5.40. The van der Waals surface area contributed by atoms with Gasteiger partial charge in [0.25, 0.3) is 11.8 Å². The first kappa shape index (κ1) is 18.9. The topological polar surface area (TPSA) is 88.9 Å². The molecule has 4 aromatic rings. The molecule has 0 fully saturated rings. The second-order valence-electron chi connectivity index (χ2n) is 7.44. The molecule has 7 nitrogen and oxygen atoms in total. The van der Waals surface area contributed by atoms with Crippen molar-refractivity contribution in [2.45, 2.75) is 6.92 Å². The van der Waals surface area contributed by atoms with E-state index in [0.717, 1.165) is 26.8 Å². The SMILES string of the molecule is COc1cc2c(cc1NC(=O)CN1C(=O)c3ccc(C)cc3C1=O)oc1ccccc12. The zero-order valence-electron chi connectivity index (χ0n) is 16.9. The molecule has 31 heavy (non-hydrogen) atoms. The van der Waals surface area contributed by atoms with Gasteiger partial charge in [-0.25, -0.2) is 0 Å². The predicted octanol–water partition coefficient (Wildman–Crippen LogP) is 4.14. The van der Waals surface area contributed by atoms with E-state index in [1.54, 1.807) is 30.3 Å². The van der Waals surface area contributed by atoms with Crippen LogP contribution in [0.3, 0.4) is 0 Å². The highest BCUT2D eigenvalue weighted by Gasteiger charge is 2.36. The Balaban J connectivity index is 1.42. The molecule has 1 aliphatic rings. The monoisotopic (exact) mass is 414 g/mol. The van der Waals surface area contributed by atoms with E-state index < -0.39 is 24.3 Å². The van der Waals surface area contributed by atoms with Crippen molar-refractivity contribution in [2.75, 3.05) is 19.0 Å². The first-order valence-electron chi connectivity index (χ1n) is 9.72. The lowest BCUT2D eigenvalue weighted by atomic mass is 10.1. The fraction of sp³-hybridized carbons (Fsp3) is 0.125. The zero-order valence-corrected chi connectivity index (χ0v) is 16.9. The van der Waals surface area contributed by atoms with Crippen LogP contribution < -0.4 is 10.1 Å². The molecule has 1 aromatic heterocycles. The van der Waals surface area contributed by atoms with Gasteiger partial charge in [0, 0.05) is 16.8 Å². The third kappa shape index (κ3) is 3.02. The van der Waals surface area contributed by atoms with Crippen LogP contribution in [0.5, 0.6) is 5.75 Å². The third-order valence-electron chi connectivity index (χ3n) is 5.40. The van der Waals surface area contributed by atoms with Gasteiger partial charge in [-0.1, -0.05) is 29.8 Å². The molecule has 7 heteroatoms. The Labute approximate surface area is 177 Å². The first-order chi connectivity index (χ1) is 15.0. The normalized spacial score (nSPS) is 13.2. The van der Waals surface area contributed by atoms with Gasteiger partial charge in [0.2, 0.25) is 5.91 Å². The number of benzene rings is 3. The Morgan fingerprint density at radius 1 is 0.968 bits per heavy atom. The molecule has 0 unspecified atom stereocenters. The second kappa shape index (κ2) is 6.98. The van der Waals surface area contributed by atoms with Gasteiger partial charge in [-0.3, -0.25) is 19.3 Å². The first-order valence-corrected chi connectivity index (χ1v) is 9.72. The van der Waals surface area contributed by atoms with Crippen LogP contribution in [0.25, 0.3) is 21.9 Å². The van der Waals surface area contributed by atoms with E-state index in [9.17, 15) is 14.4 Å². The van der Waals surface area contributed by atoms with Crippen LogP contribution in [0.4, 0.5) is 5.69 Å². The zero-order chi connectivity index (χ0) is 21.7. The lowest BCUT2D eigenvalue weighted by Crippen LogP contribution is -2.37. The lowest BCUT2D eigenvalue weighted by molar-refractivity contribution is -0.116. The number of nitrogens with zero attached hydrogens (tertiary/aromatic N) is 1. The maximum atomic E-state index is 12.7. The number of para-hydroxylation sites is 1. The van der Waals surface area contributed by atoms with Crippen molar-refractivity contribution >= 4 is 45.3 Å². The standard InChI is InChI=1S/C24H18N2O5/c1-13-7-8-15-17(9-13)24(29)26(23(15)28)12-22(27)25-18-11-20-16(10-21(18)30-2)14-5-3-4-6-19(14)31-20/h3-11H,12H2,1-2H3,(H,25,27). The lowest BCUT2D eigenvalue weighted by Gasteiger charge is -2.15. The van der Waals surface area contributed by atoms with Crippen LogP contribution in [0.1, 0.15) is 26.3 Å². The summed E-state index contributed by atoms with van der Waals surface area (Å²) in [6, 6.07) is 16.1. The molecule has 0 saturated heterocycles. The molecule has 154 valence electrons. The number of fused-ring (bicyclic) bond motifs is 4. The fourth-order valence-electron chi connectivity index (χ4n) is 3.90. The van der Waals surface area contributed by atoms with Gasteiger partial charge in [0.1, 0.15) is 23.5 Å². The Morgan fingerprint density at radius 3 is 2.55 bits per heavy atom. The molecular weight excluding hydrogens is 396 g/mol. The molecule has 0 spiro atoms. The van der Waals surface area contributed by atoms with Crippen molar-refractivity contribution in [3.05, 3.63) is 71.3 Å². The molecule has 0 atom stereocenters. The van der Waals surface area contributed by atoms with E-state index in [2.05, 4.69) is 5.32 Å². The molecule has 3 aromatic carbocycles. The molecule has 0 aliphatic carbocycles. The van der Waals surface area contributed by atoms with E-state index in [1.807, 2.05) is 31.2 Å². The highest BCUT2D eigenvalue weighted by atomic mass is 16.5. The Bertz CT molecular complexity index is 1400. The van der Waals surface area contributed by atoms with E-state index in [1.165, 1.54) is 7.11 Å². The average molecular weight is 414 g/mol. The predicted molar refractivity (Wildman–Crippen MR) is 115 cm³/mol. The number of ether oxygens (including phenoxy) is 1. The largest absolute Gasteiger partial charge is 0.495 e. The number of methoxy groups -OCH3 is 1. The van der Waals surface area contributed by atoms with E-state index >= 15 is 0 Å². The quantitative estimate of drug-likeness (QED) is 0.507. The van der Waals surface area contributed by atoms with Crippen molar-refractivity contribution in [1.29, 1.82) is 0 Å².